The number of nitrogens with one attached hydrogen (secondary N) is 1. The van der Waals surface area contributed by atoms with Gasteiger partial charge >= 0.3 is 0 Å². The van der Waals surface area contributed by atoms with Crippen molar-refractivity contribution in [2.75, 3.05) is 19.4 Å². The molecule has 5 rings (SSSR count). The van der Waals surface area contributed by atoms with Crippen LogP contribution in [-0.4, -0.2) is 78.2 Å². The van der Waals surface area contributed by atoms with Crippen LogP contribution in [0.4, 0.5) is 0 Å². The Morgan fingerprint density at radius 3 is 2.52 bits per heavy atom. The van der Waals surface area contributed by atoms with E-state index in [1.54, 1.807) is 30.5 Å². The van der Waals surface area contributed by atoms with Crippen LogP contribution in [0.5, 0.6) is 11.6 Å². The number of sulfone groups is 1. The molecule has 5 atom stereocenters. The summed E-state index contributed by atoms with van der Waals surface area (Å²) in [4.78, 5) is 47.1. The van der Waals surface area contributed by atoms with Gasteiger partial charge in [0, 0.05) is 35.2 Å². The SMILES string of the molecule is C=C[C@@H]1C[C@]1(NC(=O)[C@@H]1C[C@@H](Oc2nccc3c(Cl)c(OC)ccc23)CN1C(=O)[C@@H](C)C(C)(C)C)C(=O)CS(=O)(=O)C1CC1. The maximum Gasteiger partial charge on any atom is 0.243 e. The van der Waals surface area contributed by atoms with E-state index in [0.29, 0.717) is 40.3 Å². The number of fused-ring (bicyclic) bond motifs is 1. The standard InChI is InChI=1S/C32H40ClN3O7S/c1-7-19-15-32(19,26(37)17-44(40,41)21-8-9-21)35-28(38)24-14-20(16-36(24)30(39)18(2)31(3,4)5)43-29-23-10-11-25(42-6)27(33)22(23)12-13-34-29/h7,10-13,18-21,24H,1,8-9,14-17H2,2-6H3,(H,35,38)/t18-,19-,20-,24+,32-/m1/s1. The van der Waals surface area contributed by atoms with Crippen LogP contribution in [0.25, 0.3) is 10.8 Å². The first-order valence-corrected chi connectivity index (χ1v) is 17.0. The smallest absolute Gasteiger partial charge is 0.243 e. The van der Waals surface area contributed by atoms with Crippen LogP contribution in [0.1, 0.15) is 53.4 Å². The molecule has 238 valence electrons. The lowest BCUT2D eigenvalue weighted by molar-refractivity contribution is -0.144. The van der Waals surface area contributed by atoms with Crippen LogP contribution in [-0.2, 0) is 24.2 Å². The molecule has 3 aliphatic rings. The lowest BCUT2D eigenvalue weighted by Crippen LogP contribution is -2.55. The lowest BCUT2D eigenvalue weighted by Gasteiger charge is -2.33. The van der Waals surface area contributed by atoms with Crippen molar-refractivity contribution in [1.82, 2.24) is 15.2 Å². The van der Waals surface area contributed by atoms with Crippen molar-refractivity contribution in [2.45, 2.75) is 76.3 Å². The summed E-state index contributed by atoms with van der Waals surface area (Å²) in [5.74, 6) is -1.89. The van der Waals surface area contributed by atoms with Gasteiger partial charge in [-0.25, -0.2) is 13.4 Å². The molecule has 0 unspecified atom stereocenters. The number of methoxy groups -OCH3 is 1. The fourth-order valence-corrected chi connectivity index (χ4v) is 7.86. The summed E-state index contributed by atoms with van der Waals surface area (Å²) >= 11 is 6.53. The van der Waals surface area contributed by atoms with Gasteiger partial charge in [0.1, 0.15) is 29.2 Å². The second kappa shape index (κ2) is 11.6. The number of amides is 2. The van der Waals surface area contributed by atoms with Crippen molar-refractivity contribution in [1.29, 1.82) is 0 Å². The van der Waals surface area contributed by atoms with Gasteiger partial charge in [0.15, 0.2) is 15.6 Å². The quantitative estimate of drug-likeness (QED) is 0.361. The molecule has 2 aliphatic carbocycles. The number of hydrogen-bond acceptors (Lipinski definition) is 8. The predicted molar refractivity (Wildman–Crippen MR) is 167 cm³/mol. The topological polar surface area (TPSA) is 132 Å². The molecule has 3 fully saturated rings. The molecule has 0 radical (unpaired) electrons. The molecule has 10 nitrogen and oxygen atoms in total. The Kier molecular flexibility index (Phi) is 8.52. The summed E-state index contributed by atoms with van der Waals surface area (Å²) in [6.07, 6.45) is 4.08. The molecular weight excluding hydrogens is 606 g/mol. The number of carbonyl (C=O) groups is 3. The third-order valence-electron chi connectivity index (χ3n) is 9.33. The number of nitrogens with zero attached hydrogens (tertiary/aromatic N) is 2. The second-order valence-corrected chi connectivity index (χ2v) is 16.0. The van der Waals surface area contributed by atoms with E-state index in [1.165, 1.54) is 12.0 Å². The number of benzene rings is 1. The van der Waals surface area contributed by atoms with Gasteiger partial charge < -0.3 is 19.7 Å². The molecule has 2 amide bonds. The molecule has 1 saturated heterocycles. The summed E-state index contributed by atoms with van der Waals surface area (Å²) in [5, 5.41) is 4.13. The molecule has 44 heavy (non-hydrogen) atoms. The van der Waals surface area contributed by atoms with Crippen molar-refractivity contribution in [2.24, 2.45) is 17.3 Å². The Morgan fingerprint density at radius 2 is 1.93 bits per heavy atom. The van der Waals surface area contributed by atoms with E-state index in [1.807, 2.05) is 27.7 Å². The Morgan fingerprint density at radius 1 is 1.23 bits per heavy atom. The van der Waals surface area contributed by atoms with E-state index in [9.17, 15) is 22.8 Å². The fourth-order valence-electron chi connectivity index (χ4n) is 5.84. The maximum absolute atomic E-state index is 13.9. The van der Waals surface area contributed by atoms with Crippen molar-refractivity contribution < 1.29 is 32.3 Å². The molecule has 1 aromatic heterocycles. The highest BCUT2D eigenvalue weighted by atomic mass is 35.5. The Hall–Kier alpha value is -3.18. The average molecular weight is 646 g/mol. The van der Waals surface area contributed by atoms with Gasteiger partial charge in [0.05, 0.1) is 23.9 Å². The molecule has 2 aromatic rings. The normalized spacial score (nSPS) is 25.8. The number of rotatable bonds is 11. The summed E-state index contributed by atoms with van der Waals surface area (Å²) in [5.41, 5.74) is -1.72. The van der Waals surface area contributed by atoms with Gasteiger partial charge in [-0.3, -0.25) is 14.4 Å². The Labute approximate surface area is 263 Å². The zero-order valence-corrected chi connectivity index (χ0v) is 27.3. The summed E-state index contributed by atoms with van der Waals surface area (Å²) < 4.78 is 36.9. The molecule has 1 aromatic carbocycles. The van der Waals surface area contributed by atoms with Gasteiger partial charge in [0.2, 0.25) is 17.7 Å². The molecule has 2 saturated carbocycles. The lowest BCUT2D eigenvalue weighted by atomic mass is 9.81. The van der Waals surface area contributed by atoms with Crippen molar-refractivity contribution in [3.8, 4) is 11.6 Å². The molecular formula is C32H40ClN3O7S. The van der Waals surface area contributed by atoms with Gasteiger partial charge in [-0.1, -0.05) is 45.4 Å². The summed E-state index contributed by atoms with van der Waals surface area (Å²) in [6.45, 7) is 11.6. The monoisotopic (exact) mass is 645 g/mol. The first-order valence-electron chi connectivity index (χ1n) is 14.9. The minimum absolute atomic E-state index is 0.126. The number of halogens is 1. The van der Waals surface area contributed by atoms with Gasteiger partial charge in [-0.15, -0.1) is 6.58 Å². The van der Waals surface area contributed by atoms with E-state index < -0.39 is 56.1 Å². The predicted octanol–water partition coefficient (Wildman–Crippen LogP) is 4.13. The summed E-state index contributed by atoms with van der Waals surface area (Å²) in [6, 6.07) is 4.33. The zero-order chi connectivity index (χ0) is 32.2. The number of hydrogen-bond donors (Lipinski definition) is 1. The highest BCUT2D eigenvalue weighted by Crippen LogP contribution is 2.46. The number of pyridine rings is 1. The number of aromatic nitrogens is 1. The van der Waals surface area contributed by atoms with Crippen LogP contribution >= 0.6 is 11.6 Å². The average Bonchev–Trinajstić information content (AvgIpc) is 3.89. The van der Waals surface area contributed by atoms with Crippen molar-refractivity contribution in [3.05, 3.63) is 42.1 Å². The van der Waals surface area contributed by atoms with Gasteiger partial charge in [-0.2, -0.15) is 0 Å². The van der Waals surface area contributed by atoms with E-state index in [4.69, 9.17) is 21.1 Å². The van der Waals surface area contributed by atoms with Crippen LogP contribution in [0, 0.1) is 17.3 Å². The van der Waals surface area contributed by atoms with Gasteiger partial charge in [0.25, 0.3) is 0 Å². The first kappa shape index (κ1) is 32.2. The minimum Gasteiger partial charge on any atom is -0.495 e. The summed E-state index contributed by atoms with van der Waals surface area (Å²) in [7, 11) is -2.05. The Bertz CT molecular complexity index is 1620. The number of Topliss-reactive ketones (excluding diaryl/α,β-unsaturated/α-hetero) is 1. The second-order valence-electron chi connectivity index (χ2n) is 13.3. The van der Waals surface area contributed by atoms with E-state index >= 15 is 0 Å². The maximum atomic E-state index is 13.9. The van der Waals surface area contributed by atoms with Crippen LogP contribution in [0.3, 0.4) is 0 Å². The number of ether oxygens (including phenoxy) is 2. The molecule has 1 N–H and O–H groups in total. The van der Waals surface area contributed by atoms with E-state index in [0.717, 1.165) is 0 Å². The fraction of sp³-hybridized carbons (Fsp3) is 0.562. The van der Waals surface area contributed by atoms with Crippen molar-refractivity contribution >= 4 is 49.8 Å². The minimum atomic E-state index is -3.58. The molecule has 2 heterocycles. The largest absolute Gasteiger partial charge is 0.495 e. The van der Waals surface area contributed by atoms with Gasteiger partial charge in [-0.05, 0) is 42.9 Å². The molecule has 1 aliphatic heterocycles. The zero-order valence-electron chi connectivity index (χ0n) is 25.8. The molecule has 0 spiro atoms. The highest BCUT2D eigenvalue weighted by molar-refractivity contribution is 7.93. The highest BCUT2D eigenvalue weighted by Gasteiger charge is 2.61. The van der Waals surface area contributed by atoms with E-state index in [-0.39, 0.29) is 36.6 Å². The Balaban J connectivity index is 1.41. The van der Waals surface area contributed by atoms with Crippen LogP contribution < -0.4 is 14.8 Å². The van der Waals surface area contributed by atoms with Crippen molar-refractivity contribution in [3.63, 3.8) is 0 Å². The number of ketones is 1. The third-order valence-corrected chi connectivity index (χ3v) is 11.9. The molecule has 0 bridgehead atoms. The van der Waals surface area contributed by atoms with Crippen LogP contribution in [0.2, 0.25) is 5.02 Å². The molecule has 12 heteroatoms. The number of likely N-dealkylation sites (tertiary alicyclic amines) is 1. The number of carbonyl (C=O) groups excluding carboxylic acids is 3. The van der Waals surface area contributed by atoms with Crippen LogP contribution in [0.15, 0.2) is 37.1 Å². The third kappa shape index (κ3) is 6.05. The van der Waals surface area contributed by atoms with E-state index in [2.05, 4.69) is 16.9 Å². The first-order chi connectivity index (χ1) is 20.6.